The van der Waals surface area contributed by atoms with Gasteiger partial charge < -0.3 is 89.5 Å². The predicted molar refractivity (Wildman–Crippen MR) is 178 cm³/mol. The molecule has 2 aromatic heterocycles. The fourth-order valence-corrected chi connectivity index (χ4v) is 6.55. The molecule has 13 N–H and O–H groups in total. The topological polar surface area (TPSA) is 393 Å². The molecular weight excluding hydrogens is 760 g/mol. The number of hydrogen-bond acceptors (Lipinski definition) is 22. The third kappa shape index (κ3) is 4.90. The fraction of sp³-hybridized carbons (Fsp3) is 0.147. The van der Waals surface area contributed by atoms with Crippen LogP contribution in [0.25, 0.3) is 55.0 Å². The van der Waals surface area contributed by atoms with Gasteiger partial charge in [0, 0.05) is 33.0 Å². The van der Waals surface area contributed by atoms with Gasteiger partial charge in [0.2, 0.25) is 23.0 Å². The van der Waals surface area contributed by atoms with Crippen LogP contribution in [0.15, 0.2) is 30.6 Å². The summed E-state index contributed by atoms with van der Waals surface area (Å²) in [7, 11) is 0. The molecule has 6 bridgehead atoms. The van der Waals surface area contributed by atoms with Gasteiger partial charge in [-0.2, -0.15) is 0 Å². The van der Waals surface area contributed by atoms with Crippen molar-refractivity contribution in [1.82, 2.24) is 0 Å². The molecule has 22 nitrogen and oxygen atoms in total. The van der Waals surface area contributed by atoms with Crippen molar-refractivity contribution in [3.8, 4) is 79.7 Å². The zero-order chi connectivity index (χ0) is 41.0. The molecule has 0 saturated carbocycles. The summed E-state index contributed by atoms with van der Waals surface area (Å²) in [6, 6.07) is 0.760. The normalized spacial score (nSPS) is 17.2. The minimum absolute atomic E-state index is 0.273. The molecule has 0 fully saturated rings. The first-order chi connectivity index (χ1) is 26.3. The molecule has 22 heteroatoms. The number of carbonyl (C=O) groups excluding carboxylic acids is 3. The van der Waals surface area contributed by atoms with Crippen LogP contribution in [0.5, 0.6) is 57.5 Å². The molecule has 1 aliphatic rings. The van der Waals surface area contributed by atoms with Crippen LogP contribution in [0.3, 0.4) is 0 Å². The molecule has 0 spiro atoms. The minimum Gasteiger partial charge on any atom is -0.504 e. The van der Waals surface area contributed by atoms with Crippen LogP contribution in [-0.2, 0) is 14.3 Å². The van der Waals surface area contributed by atoms with Gasteiger partial charge in [-0.15, -0.1) is 0 Å². The lowest BCUT2D eigenvalue weighted by Crippen LogP contribution is -2.49. The number of hydrogen-bond donors (Lipinski definition) is 13. The average Bonchev–Trinajstić information content (AvgIpc) is 3.16. The van der Waals surface area contributed by atoms with Crippen molar-refractivity contribution in [2.75, 3.05) is 6.61 Å². The number of aldehydes is 1. The third-order valence-electron chi connectivity index (χ3n) is 9.14. The Morgan fingerprint density at radius 2 is 0.982 bits per heavy atom. The van der Waals surface area contributed by atoms with Crippen molar-refractivity contribution in [2.45, 2.75) is 24.4 Å². The van der Waals surface area contributed by atoms with Crippen LogP contribution >= 0.6 is 0 Å². The maximum atomic E-state index is 13.9. The number of phenols is 10. The Hall–Kier alpha value is -7.69. The summed E-state index contributed by atoms with van der Waals surface area (Å²) < 4.78 is 20.6. The van der Waals surface area contributed by atoms with Crippen molar-refractivity contribution >= 4 is 50.9 Å². The summed E-state index contributed by atoms with van der Waals surface area (Å²) in [5.41, 5.74) is -12.3. The number of ether oxygens (including phenoxy) is 2. The number of carbonyl (C=O) groups is 3. The Bertz CT molecular complexity index is 2850. The van der Waals surface area contributed by atoms with Gasteiger partial charge in [0.15, 0.2) is 58.1 Å². The highest BCUT2D eigenvalue weighted by atomic mass is 16.6. The number of esters is 2. The summed E-state index contributed by atoms with van der Waals surface area (Å²) >= 11 is 0. The molecule has 7 rings (SSSR count). The first-order valence-electron chi connectivity index (χ1n) is 15.5. The second-order valence-corrected chi connectivity index (χ2v) is 12.3. The molecule has 0 radical (unpaired) electrons. The van der Waals surface area contributed by atoms with Gasteiger partial charge in [-0.1, -0.05) is 0 Å². The van der Waals surface area contributed by atoms with E-state index in [0.717, 1.165) is 0 Å². The summed E-state index contributed by atoms with van der Waals surface area (Å²) in [5, 5.41) is 137. The largest absolute Gasteiger partial charge is 0.504 e. The van der Waals surface area contributed by atoms with E-state index in [-0.39, 0.29) is 6.29 Å². The molecular formula is C34H22O22. The highest BCUT2D eigenvalue weighted by molar-refractivity contribution is 6.29. The Kier molecular flexibility index (Phi) is 8.14. The number of rotatable bonds is 3. The molecule has 0 aliphatic carbocycles. The molecule has 0 saturated heterocycles. The zero-order valence-electron chi connectivity index (χ0n) is 27.2. The van der Waals surface area contributed by atoms with Gasteiger partial charge in [-0.25, -0.2) is 19.2 Å². The Labute approximate surface area is 304 Å². The maximum Gasteiger partial charge on any atom is 0.345 e. The molecule has 3 heterocycles. The standard InChI is InChI=1S/C34H22O22/c35-3-9(38)21(42)28-10(39)4-53-31(49)5-1-7(36)19(40)22(43)11(5)13-17-15-16-18(34(52)56-29(15)26(47)24(13)45)14(25(46)27(48)30(16)55-33(17)51)12-6(32(50)54-28)2-8(37)20(41)23(12)44/h1-3,9-10,21,28,36-48H,4H2. The van der Waals surface area contributed by atoms with Crippen LogP contribution in [0, 0.1) is 0 Å². The predicted octanol–water partition coefficient (Wildman–Crippen LogP) is -0.142. The second-order valence-electron chi connectivity index (χ2n) is 12.3. The molecule has 290 valence electrons. The van der Waals surface area contributed by atoms with Crippen molar-refractivity contribution in [1.29, 1.82) is 0 Å². The van der Waals surface area contributed by atoms with E-state index in [4.69, 9.17) is 18.3 Å². The van der Waals surface area contributed by atoms with Crippen LogP contribution in [0.2, 0.25) is 0 Å². The Morgan fingerprint density at radius 1 is 0.571 bits per heavy atom. The zero-order valence-corrected chi connectivity index (χ0v) is 27.2. The molecule has 1 aliphatic heterocycles. The summed E-state index contributed by atoms with van der Waals surface area (Å²) in [5.74, 6) is -17.9. The van der Waals surface area contributed by atoms with E-state index in [1.54, 1.807) is 0 Å². The Morgan fingerprint density at radius 3 is 1.41 bits per heavy atom. The molecule has 56 heavy (non-hydrogen) atoms. The fourth-order valence-electron chi connectivity index (χ4n) is 6.55. The smallest absolute Gasteiger partial charge is 0.345 e. The summed E-state index contributed by atoms with van der Waals surface area (Å²) in [6.07, 6.45) is -10.3. The number of cyclic esters (lactones) is 2. The van der Waals surface area contributed by atoms with E-state index < -0.39 is 178 Å². The first kappa shape index (κ1) is 36.7. The first-order valence-corrected chi connectivity index (χ1v) is 15.5. The molecule has 0 amide bonds. The van der Waals surface area contributed by atoms with E-state index in [9.17, 15) is 90.4 Å². The van der Waals surface area contributed by atoms with Crippen LogP contribution < -0.4 is 11.3 Å². The molecule has 6 aromatic rings. The maximum absolute atomic E-state index is 13.9. The van der Waals surface area contributed by atoms with Crippen LogP contribution in [-0.4, -0.2) is 116 Å². The minimum atomic E-state index is -2.58. The van der Waals surface area contributed by atoms with E-state index in [0.29, 0.717) is 12.1 Å². The van der Waals surface area contributed by atoms with Crippen molar-refractivity contribution in [2.24, 2.45) is 0 Å². The van der Waals surface area contributed by atoms with E-state index in [1.807, 2.05) is 0 Å². The number of benzene rings is 4. The number of aliphatic hydroxyl groups excluding tert-OH is 3. The van der Waals surface area contributed by atoms with Gasteiger partial charge in [0.25, 0.3) is 0 Å². The van der Waals surface area contributed by atoms with Gasteiger partial charge in [0.1, 0.15) is 24.9 Å². The van der Waals surface area contributed by atoms with Gasteiger partial charge in [-0.05, 0) is 12.1 Å². The quantitative estimate of drug-likeness (QED) is 0.0365. The van der Waals surface area contributed by atoms with Crippen LogP contribution in [0.4, 0.5) is 0 Å². The van der Waals surface area contributed by atoms with Crippen LogP contribution in [0.1, 0.15) is 20.7 Å². The lowest BCUT2D eigenvalue weighted by atomic mass is 9.88. The van der Waals surface area contributed by atoms with Crippen molar-refractivity contribution in [3.05, 3.63) is 44.1 Å². The number of aliphatic hydroxyl groups is 3. The molecule has 4 aromatic carbocycles. The lowest BCUT2D eigenvalue weighted by Gasteiger charge is -2.29. The summed E-state index contributed by atoms with van der Waals surface area (Å²) in [6.45, 7) is -1.39. The third-order valence-corrected chi connectivity index (χ3v) is 9.14. The highest BCUT2D eigenvalue weighted by Crippen LogP contribution is 2.57. The molecule has 4 atom stereocenters. The lowest BCUT2D eigenvalue weighted by molar-refractivity contribution is -0.138. The molecule has 4 unspecified atom stereocenters. The van der Waals surface area contributed by atoms with Gasteiger partial charge in [0.05, 0.1) is 21.9 Å². The van der Waals surface area contributed by atoms with E-state index in [2.05, 4.69) is 0 Å². The summed E-state index contributed by atoms with van der Waals surface area (Å²) in [4.78, 5) is 66.5. The second kappa shape index (κ2) is 12.4. The number of phenolic OH excluding ortho intramolecular Hbond substituents is 10. The average molecular weight is 783 g/mol. The van der Waals surface area contributed by atoms with Gasteiger partial charge in [-0.3, -0.25) is 0 Å². The van der Waals surface area contributed by atoms with Crippen molar-refractivity contribution < 1.29 is 99.1 Å². The number of aromatic hydroxyl groups is 10. The van der Waals surface area contributed by atoms with E-state index >= 15 is 0 Å². The monoisotopic (exact) mass is 782 g/mol. The van der Waals surface area contributed by atoms with E-state index in [1.165, 1.54) is 0 Å². The number of fused-ring (bicyclic) bond motifs is 4. The highest BCUT2D eigenvalue weighted by Gasteiger charge is 2.41. The van der Waals surface area contributed by atoms with Gasteiger partial charge >= 0.3 is 23.2 Å². The van der Waals surface area contributed by atoms with Crippen molar-refractivity contribution in [3.63, 3.8) is 0 Å². The SMILES string of the molecule is O=CC(O)C(O)C1OC(=O)c2cc(O)c(O)c(O)c2-c2c(O)c(O)c3oc(=O)c4c(c(O)c(O)c5oc(=O)c2c3c54)-c2c(cc(O)c(O)c2O)C(=O)OCC1O. The Balaban J connectivity index is 1.76.